The highest BCUT2D eigenvalue weighted by Gasteiger charge is 2.36. The van der Waals surface area contributed by atoms with E-state index in [2.05, 4.69) is 10.3 Å². The number of amides is 1. The van der Waals surface area contributed by atoms with Crippen LogP contribution < -0.4 is 16.6 Å². The molecular formula is C20H25N3O5. The van der Waals surface area contributed by atoms with E-state index in [1.54, 1.807) is 0 Å². The van der Waals surface area contributed by atoms with Crippen molar-refractivity contribution in [2.45, 2.75) is 51.0 Å². The first-order valence-electron chi connectivity index (χ1n) is 9.41. The Labute approximate surface area is 162 Å². The van der Waals surface area contributed by atoms with Gasteiger partial charge in [-0.1, -0.05) is 37.3 Å². The first kappa shape index (κ1) is 20.0. The molecule has 0 aliphatic carbocycles. The van der Waals surface area contributed by atoms with Crippen molar-refractivity contribution in [2.75, 3.05) is 6.54 Å². The van der Waals surface area contributed by atoms with Crippen LogP contribution in [0.1, 0.15) is 43.5 Å². The fourth-order valence-corrected chi connectivity index (χ4v) is 3.31. The average Bonchev–Trinajstić information content (AvgIpc) is 3.06. The van der Waals surface area contributed by atoms with Gasteiger partial charge in [-0.05, 0) is 18.9 Å². The molecule has 2 heterocycles. The number of aromatic amines is 1. The lowest BCUT2D eigenvalue weighted by Crippen LogP contribution is -2.39. The van der Waals surface area contributed by atoms with Crippen LogP contribution in [-0.2, 0) is 16.0 Å². The van der Waals surface area contributed by atoms with Crippen LogP contribution in [0.15, 0.2) is 46.1 Å². The van der Waals surface area contributed by atoms with Gasteiger partial charge in [0.1, 0.15) is 12.3 Å². The molecule has 8 heteroatoms. The summed E-state index contributed by atoms with van der Waals surface area (Å²) in [5.74, 6) is -0.496. The van der Waals surface area contributed by atoms with E-state index in [-0.39, 0.29) is 24.8 Å². The van der Waals surface area contributed by atoms with Crippen molar-refractivity contribution >= 4 is 5.91 Å². The predicted octanol–water partition coefficient (Wildman–Crippen LogP) is 0.667. The zero-order valence-corrected chi connectivity index (χ0v) is 15.9. The molecule has 1 aromatic carbocycles. The van der Waals surface area contributed by atoms with Gasteiger partial charge in [-0.25, -0.2) is 4.79 Å². The van der Waals surface area contributed by atoms with Crippen molar-refractivity contribution in [2.24, 2.45) is 0 Å². The number of nitrogens with one attached hydrogen (secondary N) is 2. The number of nitrogens with zero attached hydrogens (tertiary/aromatic N) is 1. The van der Waals surface area contributed by atoms with E-state index in [0.29, 0.717) is 12.0 Å². The normalized spacial score (nSPS) is 22.8. The standard InChI is InChI=1S/C20H25N3O5/c1-3-13-11-23(20(27)22-19(13)26)17-9-15(24)16(28-17)10-21-18(25)12(2)14-7-5-4-6-8-14/h4-8,11-12,15-17,24H,3,9-10H2,1-2H3,(H,21,25)(H,22,26,27)/t12-,15?,16-,17-/m0/s1. The number of aliphatic hydroxyl groups is 1. The highest BCUT2D eigenvalue weighted by atomic mass is 16.5. The molecule has 1 unspecified atom stereocenters. The minimum Gasteiger partial charge on any atom is -0.390 e. The average molecular weight is 387 g/mol. The van der Waals surface area contributed by atoms with E-state index < -0.39 is 29.7 Å². The third kappa shape index (κ3) is 4.23. The molecule has 1 fully saturated rings. The lowest BCUT2D eigenvalue weighted by Gasteiger charge is -2.18. The highest BCUT2D eigenvalue weighted by Crippen LogP contribution is 2.27. The van der Waals surface area contributed by atoms with Crippen LogP contribution >= 0.6 is 0 Å². The van der Waals surface area contributed by atoms with Gasteiger partial charge in [0, 0.05) is 24.7 Å². The molecule has 28 heavy (non-hydrogen) atoms. The molecule has 3 rings (SSSR count). The quantitative estimate of drug-likeness (QED) is 0.674. The van der Waals surface area contributed by atoms with Crippen LogP contribution in [0, 0.1) is 0 Å². The topological polar surface area (TPSA) is 113 Å². The molecule has 0 radical (unpaired) electrons. The summed E-state index contributed by atoms with van der Waals surface area (Å²) in [6.07, 6.45) is -0.0250. The Bertz CT molecular complexity index is 937. The zero-order chi connectivity index (χ0) is 20.3. The lowest BCUT2D eigenvalue weighted by atomic mass is 10.0. The van der Waals surface area contributed by atoms with Crippen molar-refractivity contribution in [3.63, 3.8) is 0 Å². The first-order chi connectivity index (χ1) is 13.4. The summed E-state index contributed by atoms with van der Waals surface area (Å²) >= 11 is 0. The van der Waals surface area contributed by atoms with Gasteiger partial charge in [-0.2, -0.15) is 0 Å². The second-order valence-corrected chi connectivity index (χ2v) is 6.98. The molecule has 8 nitrogen and oxygen atoms in total. The number of carbonyl (C=O) groups is 1. The number of carbonyl (C=O) groups excluding carboxylic acids is 1. The molecule has 0 saturated carbocycles. The summed E-state index contributed by atoms with van der Waals surface area (Å²) in [4.78, 5) is 38.5. The molecule has 2 aromatic rings. The fourth-order valence-electron chi connectivity index (χ4n) is 3.31. The number of H-pyrrole nitrogens is 1. The molecule has 150 valence electrons. The monoisotopic (exact) mass is 387 g/mol. The minimum atomic E-state index is -0.832. The van der Waals surface area contributed by atoms with E-state index in [1.165, 1.54) is 10.8 Å². The Hall–Kier alpha value is -2.71. The number of hydrogen-bond donors (Lipinski definition) is 3. The van der Waals surface area contributed by atoms with E-state index >= 15 is 0 Å². The van der Waals surface area contributed by atoms with Gasteiger partial charge in [-0.3, -0.25) is 19.1 Å². The largest absolute Gasteiger partial charge is 0.390 e. The van der Waals surface area contributed by atoms with Crippen LogP contribution in [0.4, 0.5) is 0 Å². The van der Waals surface area contributed by atoms with Gasteiger partial charge in [-0.15, -0.1) is 0 Å². The Morgan fingerprint density at radius 2 is 2.07 bits per heavy atom. The maximum absolute atomic E-state index is 12.4. The summed E-state index contributed by atoms with van der Waals surface area (Å²) in [7, 11) is 0. The van der Waals surface area contributed by atoms with Gasteiger partial charge in [0.05, 0.1) is 12.0 Å². The van der Waals surface area contributed by atoms with Gasteiger partial charge in [0.2, 0.25) is 5.91 Å². The summed E-state index contributed by atoms with van der Waals surface area (Å²) in [5.41, 5.74) is 0.367. The van der Waals surface area contributed by atoms with Crippen molar-refractivity contribution in [1.82, 2.24) is 14.9 Å². The van der Waals surface area contributed by atoms with Gasteiger partial charge < -0.3 is 15.2 Å². The third-order valence-corrected chi connectivity index (χ3v) is 5.11. The predicted molar refractivity (Wildman–Crippen MR) is 103 cm³/mol. The number of rotatable bonds is 6. The summed E-state index contributed by atoms with van der Waals surface area (Å²) in [5, 5.41) is 13.1. The molecule has 1 aliphatic heterocycles. The van der Waals surface area contributed by atoms with Crippen molar-refractivity contribution in [1.29, 1.82) is 0 Å². The Morgan fingerprint density at radius 1 is 1.36 bits per heavy atom. The van der Waals surface area contributed by atoms with E-state index in [9.17, 15) is 19.5 Å². The first-order valence-corrected chi connectivity index (χ1v) is 9.41. The van der Waals surface area contributed by atoms with Crippen molar-refractivity contribution < 1.29 is 14.6 Å². The molecule has 1 saturated heterocycles. The second kappa shape index (κ2) is 8.53. The van der Waals surface area contributed by atoms with Gasteiger partial charge >= 0.3 is 5.69 Å². The Kier molecular flexibility index (Phi) is 6.11. The van der Waals surface area contributed by atoms with Crippen LogP contribution in [-0.4, -0.2) is 39.3 Å². The molecule has 4 atom stereocenters. The fraction of sp³-hybridized carbons (Fsp3) is 0.450. The highest BCUT2D eigenvalue weighted by molar-refractivity contribution is 5.83. The van der Waals surface area contributed by atoms with Crippen LogP contribution in [0.3, 0.4) is 0 Å². The van der Waals surface area contributed by atoms with Crippen LogP contribution in [0.2, 0.25) is 0 Å². The Morgan fingerprint density at radius 3 is 2.75 bits per heavy atom. The van der Waals surface area contributed by atoms with E-state index in [4.69, 9.17) is 4.74 Å². The molecule has 0 bridgehead atoms. The van der Waals surface area contributed by atoms with Crippen LogP contribution in [0.25, 0.3) is 0 Å². The molecule has 1 amide bonds. The minimum absolute atomic E-state index is 0.131. The van der Waals surface area contributed by atoms with E-state index in [1.807, 2.05) is 44.2 Å². The number of benzene rings is 1. The molecule has 1 aliphatic rings. The SMILES string of the molecule is CCc1cn([C@@H]2CC(O)[C@H](CNC(=O)[C@@H](C)c3ccccc3)O2)c(=O)[nH]c1=O. The summed E-state index contributed by atoms with van der Waals surface area (Å²) in [6.45, 7) is 3.76. The third-order valence-electron chi connectivity index (χ3n) is 5.11. The van der Waals surface area contributed by atoms with Crippen molar-refractivity contribution in [3.05, 3.63) is 68.5 Å². The number of hydrogen-bond acceptors (Lipinski definition) is 5. The molecule has 3 N–H and O–H groups in total. The maximum atomic E-state index is 12.4. The molecule has 1 aromatic heterocycles. The number of ether oxygens (including phenoxy) is 1. The van der Waals surface area contributed by atoms with Crippen LogP contribution in [0.5, 0.6) is 0 Å². The smallest absolute Gasteiger partial charge is 0.330 e. The Balaban J connectivity index is 1.64. The molecule has 0 spiro atoms. The second-order valence-electron chi connectivity index (χ2n) is 6.98. The summed E-state index contributed by atoms with van der Waals surface area (Å²) in [6, 6.07) is 9.41. The number of aromatic nitrogens is 2. The number of aryl methyl sites for hydroxylation is 1. The summed E-state index contributed by atoms with van der Waals surface area (Å²) < 4.78 is 7.08. The maximum Gasteiger partial charge on any atom is 0.330 e. The van der Waals surface area contributed by atoms with Gasteiger partial charge in [0.15, 0.2) is 0 Å². The van der Waals surface area contributed by atoms with Gasteiger partial charge in [0.25, 0.3) is 5.56 Å². The lowest BCUT2D eigenvalue weighted by molar-refractivity contribution is -0.123. The molecular weight excluding hydrogens is 362 g/mol. The number of aliphatic hydroxyl groups excluding tert-OH is 1. The van der Waals surface area contributed by atoms with E-state index in [0.717, 1.165) is 5.56 Å². The zero-order valence-electron chi connectivity index (χ0n) is 15.9. The van der Waals surface area contributed by atoms with Crippen molar-refractivity contribution in [3.8, 4) is 0 Å².